The summed E-state index contributed by atoms with van der Waals surface area (Å²) in [4.78, 5) is 11.8. The number of para-hydroxylation sites is 1. The Balaban J connectivity index is 2.75. The predicted molar refractivity (Wildman–Crippen MR) is 71.6 cm³/mol. The van der Waals surface area contributed by atoms with E-state index in [9.17, 15) is 4.79 Å². The average Bonchev–Trinajstić information content (AvgIpc) is 2.29. The van der Waals surface area contributed by atoms with E-state index in [1.54, 1.807) is 0 Å². The molecule has 0 N–H and O–H groups in total. The molecule has 18 heavy (non-hydrogen) atoms. The molecule has 0 amide bonds. The van der Waals surface area contributed by atoms with Crippen molar-refractivity contribution in [2.24, 2.45) is 11.3 Å². The van der Waals surface area contributed by atoms with Crippen LogP contribution in [0.25, 0.3) is 0 Å². The Morgan fingerprint density at radius 3 is 2.39 bits per heavy atom. The summed E-state index contributed by atoms with van der Waals surface area (Å²) in [6.07, 6.45) is 0. The molecule has 0 aliphatic carbocycles. The van der Waals surface area contributed by atoms with Crippen molar-refractivity contribution >= 4 is 5.97 Å². The van der Waals surface area contributed by atoms with Gasteiger partial charge in [-0.15, -0.1) is 0 Å². The lowest BCUT2D eigenvalue weighted by Crippen LogP contribution is -2.34. The van der Waals surface area contributed by atoms with Crippen molar-refractivity contribution in [2.75, 3.05) is 13.7 Å². The number of carbonyl (C=O) groups is 1. The van der Waals surface area contributed by atoms with Crippen LogP contribution in [0.2, 0.25) is 0 Å². The number of carbonyl (C=O) groups excluding carboxylic acids is 1. The Hall–Kier alpha value is -1.51. The van der Waals surface area contributed by atoms with E-state index in [1.807, 2.05) is 52.0 Å². The third-order valence-corrected chi connectivity index (χ3v) is 3.03. The summed E-state index contributed by atoms with van der Waals surface area (Å²) in [5.74, 6) is 0.314. The molecule has 3 heteroatoms. The number of ether oxygens (including phenoxy) is 2. The summed E-state index contributed by atoms with van der Waals surface area (Å²) in [5.41, 5.74) is 0.880. The molecule has 1 aromatic rings. The van der Waals surface area contributed by atoms with Crippen LogP contribution >= 0.6 is 0 Å². The minimum Gasteiger partial charge on any atom is -0.492 e. The summed E-state index contributed by atoms with van der Waals surface area (Å²) in [7, 11) is 1.41. The third kappa shape index (κ3) is 3.76. The van der Waals surface area contributed by atoms with Gasteiger partial charge in [0.05, 0.1) is 13.0 Å². The summed E-state index contributed by atoms with van der Waals surface area (Å²) < 4.78 is 10.6. The average molecular weight is 250 g/mol. The molecule has 0 spiro atoms. The van der Waals surface area contributed by atoms with Gasteiger partial charge in [-0.2, -0.15) is 0 Å². The third-order valence-electron chi connectivity index (χ3n) is 3.03. The molecule has 0 radical (unpaired) electrons. The molecule has 0 bridgehead atoms. The first-order valence-corrected chi connectivity index (χ1v) is 6.12. The van der Waals surface area contributed by atoms with Gasteiger partial charge >= 0.3 is 5.97 Å². The van der Waals surface area contributed by atoms with Crippen molar-refractivity contribution in [1.82, 2.24) is 0 Å². The number of aryl methyl sites for hydroxylation is 1. The summed E-state index contributed by atoms with van der Waals surface area (Å²) in [6, 6.07) is 7.78. The maximum absolute atomic E-state index is 11.8. The Morgan fingerprint density at radius 1 is 1.28 bits per heavy atom. The van der Waals surface area contributed by atoms with Gasteiger partial charge in [-0.25, -0.2) is 0 Å². The van der Waals surface area contributed by atoms with E-state index in [2.05, 4.69) is 0 Å². The molecule has 1 atom stereocenters. The van der Waals surface area contributed by atoms with Crippen LogP contribution in [0.1, 0.15) is 26.3 Å². The van der Waals surface area contributed by atoms with E-state index in [0.29, 0.717) is 6.61 Å². The molecule has 0 saturated carbocycles. The van der Waals surface area contributed by atoms with Crippen molar-refractivity contribution in [1.29, 1.82) is 0 Å². The Kier molecular flexibility index (Phi) is 4.76. The minimum atomic E-state index is -0.276. The highest BCUT2D eigenvalue weighted by molar-refractivity contribution is 5.73. The van der Waals surface area contributed by atoms with E-state index in [1.165, 1.54) is 7.11 Å². The first kappa shape index (κ1) is 14.6. The molecule has 0 aliphatic heterocycles. The van der Waals surface area contributed by atoms with Crippen LogP contribution in [-0.4, -0.2) is 19.7 Å². The number of benzene rings is 1. The number of hydrogen-bond donors (Lipinski definition) is 0. The zero-order valence-corrected chi connectivity index (χ0v) is 11.8. The number of rotatable bonds is 4. The highest BCUT2D eigenvalue weighted by Gasteiger charge is 2.33. The smallest absolute Gasteiger partial charge is 0.312 e. The number of methoxy groups -OCH3 is 1. The highest BCUT2D eigenvalue weighted by atomic mass is 16.5. The van der Waals surface area contributed by atoms with Crippen LogP contribution in [0.4, 0.5) is 0 Å². The van der Waals surface area contributed by atoms with E-state index in [-0.39, 0.29) is 17.3 Å². The molecule has 1 rings (SSSR count). The van der Waals surface area contributed by atoms with Crippen LogP contribution < -0.4 is 4.74 Å². The molecule has 1 unspecified atom stereocenters. The van der Waals surface area contributed by atoms with Crippen molar-refractivity contribution in [2.45, 2.75) is 27.7 Å². The molecule has 0 heterocycles. The topological polar surface area (TPSA) is 35.5 Å². The second kappa shape index (κ2) is 5.89. The standard InChI is InChI=1S/C15H22O3/c1-11-8-6-7-9-13(11)18-10-12(14(16)17-5)15(2,3)4/h6-9,12H,10H2,1-5H3. The molecule has 0 aromatic heterocycles. The fourth-order valence-electron chi connectivity index (χ4n) is 1.71. The van der Waals surface area contributed by atoms with E-state index >= 15 is 0 Å². The van der Waals surface area contributed by atoms with Gasteiger partial charge in [0, 0.05) is 0 Å². The fraction of sp³-hybridized carbons (Fsp3) is 0.533. The number of esters is 1. The Morgan fingerprint density at radius 2 is 1.89 bits per heavy atom. The molecule has 0 saturated heterocycles. The van der Waals surface area contributed by atoms with Gasteiger partial charge in [-0.05, 0) is 24.0 Å². The Labute approximate surface area is 109 Å². The van der Waals surface area contributed by atoms with Crippen LogP contribution in [0.3, 0.4) is 0 Å². The van der Waals surface area contributed by atoms with Crippen molar-refractivity contribution < 1.29 is 14.3 Å². The van der Waals surface area contributed by atoms with E-state index in [0.717, 1.165) is 11.3 Å². The van der Waals surface area contributed by atoms with Gasteiger partial charge in [-0.1, -0.05) is 39.0 Å². The van der Waals surface area contributed by atoms with E-state index in [4.69, 9.17) is 9.47 Å². The first-order valence-electron chi connectivity index (χ1n) is 6.12. The maximum atomic E-state index is 11.8. The lowest BCUT2D eigenvalue weighted by atomic mass is 9.81. The zero-order valence-electron chi connectivity index (χ0n) is 11.8. The Bertz CT molecular complexity index is 404. The predicted octanol–water partition coefficient (Wildman–Crippen LogP) is 3.21. The summed E-state index contributed by atoms with van der Waals surface area (Å²) in [5, 5.41) is 0. The first-order chi connectivity index (χ1) is 8.36. The summed E-state index contributed by atoms with van der Waals surface area (Å²) >= 11 is 0. The second-order valence-electron chi connectivity index (χ2n) is 5.52. The summed E-state index contributed by atoms with van der Waals surface area (Å²) in [6.45, 7) is 8.35. The van der Waals surface area contributed by atoms with Crippen LogP contribution in [0.5, 0.6) is 5.75 Å². The molecule has 0 fully saturated rings. The second-order valence-corrected chi connectivity index (χ2v) is 5.52. The molecular weight excluding hydrogens is 228 g/mol. The lowest BCUT2D eigenvalue weighted by Gasteiger charge is -2.28. The van der Waals surface area contributed by atoms with Gasteiger partial charge in [0.15, 0.2) is 0 Å². The lowest BCUT2D eigenvalue weighted by molar-refractivity contribution is -0.150. The van der Waals surface area contributed by atoms with Gasteiger partial charge in [0.25, 0.3) is 0 Å². The van der Waals surface area contributed by atoms with Crippen LogP contribution in [0, 0.1) is 18.3 Å². The quantitative estimate of drug-likeness (QED) is 0.770. The largest absolute Gasteiger partial charge is 0.492 e. The fourth-order valence-corrected chi connectivity index (χ4v) is 1.71. The zero-order chi connectivity index (χ0) is 13.8. The monoisotopic (exact) mass is 250 g/mol. The SMILES string of the molecule is COC(=O)C(COc1ccccc1C)C(C)(C)C. The van der Waals surface area contributed by atoms with Gasteiger partial charge in [0.1, 0.15) is 12.4 Å². The van der Waals surface area contributed by atoms with Crippen LogP contribution in [0.15, 0.2) is 24.3 Å². The minimum absolute atomic E-state index is 0.185. The van der Waals surface area contributed by atoms with Gasteiger partial charge in [-0.3, -0.25) is 4.79 Å². The van der Waals surface area contributed by atoms with Gasteiger partial charge < -0.3 is 9.47 Å². The molecular formula is C15H22O3. The van der Waals surface area contributed by atoms with Crippen molar-refractivity contribution in [3.63, 3.8) is 0 Å². The van der Waals surface area contributed by atoms with Crippen molar-refractivity contribution in [3.05, 3.63) is 29.8 Å². The van der Waals surface area contributed by atoms with E-state index < -0.39 is 0 Å². The van der Waals surface area contributed by atoms with Gasteiger partial charge in [0.2, 0.25) is 0 Å². The molecule has 100 valence electrons. The number of hydrogen-bond acceptors (Lipinski definition) is 3. The normalized spacial score (nSPS) is 12.9. The maximum Gasteiger partial charge on any atom is 0.312 e. The molecule has 3 nitrogen and oxygen atoms in total. The van der Waals surface area contributed by atoms with Crippen molar-refractivity contribution in [3.8, 4) is 5.75 Å². The molecule has 0 aliphatic rings. The highest BCUT2D eigenvalue weighted by Crippen LogP contribution is 2.28. The molecule has 1 aromatic carbocycles. The van der Waals surface area contributed by atoms with Crippen LogP contribution in [-0.2, 0) is 9.53 Å².